The van der Waals surface area contributed by atoms with Crippen molar-refractivity contribution in [3.05, 3.63) is 65.1 Å². The zero-order chi connectivity index (χ0) is 28.5. The lowest BCUT2D eigenvalue weighted by Crippen LogP contribution is -2.36. The summed E-state index contributed by atoms with van der Waals surface area (Å²) < 4.78 is 12.3. The van der Waals surface area contributed by atoms with Crippen LogP contribution >= 0.6 is 11.6 Å². The van der Waals surface area contributed by atoms with Gasteiger partial charge in [-0.1, -0.05) is 42.8 Å². The Balaban J connectivity index is 1.79. The number of rotatable bonds is 13. The fourth-order valence-corrected chi connectivity index (χ4v) is 4.64. The van der Waals surface area contributed by atoms with Gasteiger partial charge in [-0.25, -0.2) is 9.78 Å². The lowest BCUT2D eigenvalue weighted by Gasteiger charge is -2.29. The molecule has 0 saturated carbocycles. The van der Waals surface area contributed by atoms with Crippen LogP contribution in [-0.4, -0.2) is 53.0 Å². The molecular weight excluding hydrogens is 520 g/mol. The Morgan fingerprint density at radius 3 is 2.51 bits per heavy atom. The number of anilines is 1. The standard InChI is InChI=1S/C29H37ClN4O5/c1-6-25(32-29(37)38-5)28-31-26(17-33(28)4)21-9-7-20(8-10-21)15-23(13-14-35)34(18-36)22-11-12-27(24(30)16-22)39-19(2)3/h7-12,16-19,23,25,35H,6,13-15H2,1-5H3,(H,32,37)/t23-,25-/m1/s1. The van der Waals surface area contributed by atoms with Gasteiger partial charge in [-0.05, 0) is 56.9 Å². The molecule has 0 fully saturated rings. The van der Waals surface area contributed by atoms with E-state index in [2.05, 4.69) is 5.32 Å². The van der Waals surface area contributed by atoms with Gasteiger partial charge in [0.15, 0.2) is 0 Å². The predicted octanol–water partition coefficient (Wildman–Crippen LogP) is 5.29. The van der Waals surface area contributed by atoms with Gasteiger partial charge < -0.3 is 29.4 Å². The minimum absolute atomic E-state index is 0.0251. The van der Waals surface area contributed by atoms with E-state index in [1.54, 1.807) is 23.1 Å². The molecule has 1 aromatic heterocycles. The second-order valence-corrected chi connectivity index (χ2v) is 9.96. The number of hydrogen-bond donors (Lipinski definition) is 2. The summed E-state index contributed by atoms with van der Waals surface area (Å²) in [4.78, 5) is 30.2. The number of methoxy groups -OCH3 is 1. The maximum Gasteiger partial charge on any atom is 0.407 e. The molecule has 0 unspecified atom stereocenters. The van der Waals surface area contributed by atoms with Gasteiger partial charge in [0.2, 0.25) is 6.41 Å². The van der Waals surface area contributed by atoms with E-state index < -0.39 is 6.09 Å². The van der Waals surface area contributed by atoms with Gasteiger partial charge in [-0.15, -0.1) is 0 Å². The third kappa shape index (κ3) is 7.74. The summed E-state index contributed by atoms with van der Waals surface area (Å²) in [6.07, 6.45) is 3.77. The van der Waals surface area contributed by atoms with Crippen LogP contribution in [0, 0.1) is 0 Å². The SMILES string of the molecule is CC[C@@H](NC(=O)OC)c1nc(-c2ccc(C[C@@H](CCO)N(C=O)c3ccc(OC(C)C)c(Cl)c3)cc2)cn1C. The second kappa shape index (κ2) is 14.0. The minimum atomic E-state index is -0.500. The van der Waals surface area contributed by atoms with Gasteiger partial charge >= 0.3 is 6.09 Å². The van der Waals surface area contributed by atoms with Crippen molar-refractivity contribution in [3.63, 3.8) is 0 Å². The van der Waals surface area contributed by atoms with E-state index in [0.717, 1.165) is 29.1 Å². The van der Waals surface area contributed by atoms with E-state index >= 15 is 0 Å². The minimum Gasteiger partial charge on any atom is -0.489 e. The van der Waals surface area contributed by atoms with Gasteiger partial charge in [0, 0.05) is 37.1 Å². The van der Waals surface area contributed by atoms with Gasteiger partial charge in [0.25, 0.3) is 0 Å². The van der Waals surface area contributed by atoms with Crippen molar-refractivity contribution in [2.75, 3.05) is 18.6 Å². The topological polar surface area (TPSA) is 106 Å². The molecule has 1 heterocycles. The number of carbonyl (C=O) groups is 2. The first kappa shape index (κ1) is 30.0. The van der Waals surface area contributed by atoms with Crippen molar-refractivity contribution in [3.8, 4) is 17.0 Å². The molecule has 3 aromatic rings. The Morgan fingerprint density at radius 2 is 1.95 bits per heavy atom. The van der Waals surface area contributed by atoms with Crippen LogP contribution in [0.2, 0.25) is 5.02 Å². The number of carbonyl (C=O) groups excluding carboxylic acids is 2. The van der Waals surface area contributed by atoms with Crippen molar-refractivity contribution in [1.29, 1.82) is 0 Å². The Bertz CT molecular complexity index is 1240. The maximum atomic E-state index is 12.2. The van der Waals surface area contributed by atoms with E-state index in [1.807, 2.05) is 62.8 Å². The number of aliphatic hydroxyl groups excluding tert-OH is 1. The zero-order valence-electron chi connectivity index (χ0n) is 23.1. The van der Waals surface area contributed by atoms with E-state index in [-0.39, 0.29) is 24.8 Å². The number of aromatic nitrogens is 2. The highest BCUT2D eigenvalue weighted by molar-refractivity contribution is 6.32. The number of imidazole rings is 1. The smallest absolute Gasteiger partial charge is 0.407 e. The molecule has 2 amide bonds. The molecule has 39 heavy (non-hydrogen) atoms. The van der Waals surface area contributed by atoms with Gasteiger partial charge in [0.05, 0.1) is 30.0 Å². The zero-order valence-corrected chi connectivity index (χ0v) is 23.8. The Morgan fingerprint density at radius 1 is 1.23 bits per heavy atom. The van der Waals surface area contributed by atoms with Crippen LogP contribution in [-0.2, 0) is 23.0 Å². The number of ether oxygens (including phenoxy) is 2. The van der Waals surface area contributed by atoms with Crippen LogP contribution in [0.5, 0.6) is 5.75 Å². The first-order valence-corrected chi connectivity index (χ1v) is 13.4. The fourth-order valence-electron chi connectivity index (χ4n) is 4.42. The molecule has 2 atom stereocenters. The summed E-state index contributed by atoms with van der Waals surface area (Å²) in [5, 5.41) is 13.0. The number of aliphatic hydroxyl groups is 1. The molecule has 210 valence electrons. The van der Waals surface area contributed by atoms with Crippen LogP contribution in [0.25, 0.3) is 11.3 Å². The number of nitrogens with zero attached hydrogens (tertiary/aromatic N) is 3. The molecule has 2 aromatic carbocycles. The average molecular weight is 557 g/mol. The predicted molar refractivity (Wildman–Crippen MR) is 152 cm³/mol. The lowest BCUT2D eigenvalue weighted by molar-refractivity contribution is -0.107. The fraction of sp³-hybridized carbons (Fsp3) is 0.414. The summed E-state index contributed by atoms with van der Waals surface area (Å²) in [5.74, 6) is 1.29. The van der Waals surface area contributed by atoms with Crippen molar-refractivity contribution >= 4 is 29.8 Å². The number of hydrogen-bond acceptors (Lipinski definition) is 6. The summed E-state index contributed by atoms with van der Waals surface area (Å²) in [6.45, 7) is 5.74. The molecule has 0 aliphatic rings. The van der Waals surface area contributed by atoms with Crippen LogP contribution in [0.3, 0.4) is 0 Å². The maximum absolute atomic E-state index is 12.2. The molecule has 0 aliphatic heterocycles. The largest absolute Gasteiger partial charge is 0.489 e. The molecule has 0 bridgehead atoms. The second-order valence-electron chi connectivity index (χ2n) is 9.55. The summed E-state index contributed by atoms with van der Waals surface area (Å²) >= 11 is 6.41. The first-order valence-electron chi connectivity index (χ1n) is 13.0. The number of halogens is 1. The number of amides is 2. The molecule has 9 nitrogen and oxygen atoms in total. The van der Waals surface area contributed by atoms with Crippen molar-refractivity contribution in [2.24, 2.45) is 7.05 Å². The molecule has 3 rings (SSSR count). The average Bonchev–Trinajstić information content (AvgIpc) is 3.30. The van der Waals surface area contributed by atoms with Crippen LogP contribution in [0.15, 0.2) is 48.7 Å². The number of aryl methyl sites for hydroxylation is 1. The van der Waals surface area contributed by atoms with Gasteiger partial charge in [-0.3, -0.25) is 4.79 Å². The van der Waals surface area contributed by atoms with Gasteiger partial charge in [0.1, 0.15) is 11.6 Å². The van der Waals surface area contributed by atoms with Crippen LogP contribution < -0.4 is 15.0 Å². The lowest BCUT2D eigenvalue weighted by atomic mass is 10.00. The van der Waals surface area contributed by atoms with E-state index in [0.29, 0.717) is 35.7 Å². The Labute approximate surface area is 234 Å². The summed E-state index contributed by atoms with van der Waals surface area (Å²) in [6, 6.07) is 12.6. The Hall–Kier alpha value is -3.56. The van der Waals surface area contributed by atoms with E-state index in [9.17, 15) is 14.7 Å². The summed E-state index contributed by atoms with van der Waals surface area (Å²) in [7, 11) is 3.23. The number of alkyl carbamates (subject to hydrolysis) is 1. The van der Waals surface area contributed by atoms with Gasteiger partial charge in [-0.2, -0.15) is 0 Å². The normalized spacial score (nSPS) is 12.6. The highest BCUT2D eigenvalue weighted by Gasteiger charge is 2.22. The summed E-state index contributed by atoms with van der Waals surface area (Å²) in [5.41, 5.74) is 3.34. The van der Waals surface area contributed by atoms with Crippen LogP contribution in [0.4, 0.5) is 10.5 Å². The van der Waals surface area contributed by atoms with E-state index in [1.165, 1.54) is 7.11 Å². The molecular formula is C29H37ClN4O5. The quantitative estimate of drug-likeness (QED) is 0.277. The van der Waals surface area contributed by atoms with Crippen molar-refractivity contribution in [1.82, 2.24) is 14.9 Å². The number of benzene rings is 2. The van der Waals surface area contributed by atoms with Crippen molar-refractivity contribution in [2.45, 2.75) is 58.2 Å². The Kier molecular flexibility index (Phi) is 10.8. The van der Waals surface area contributed by atoms with E-state index in [4.69, 9.17) is 26.1 Å². The molecule has 0 aliphatic carbocycles. The molecule has 0 radical (unpaired) electrons. The molecule has 0 saturated heterocycles. The monoisotopic (exact) mass is 556 g/mol. The van der Waals surface area contributed by atoms with Crippen LogP contribution in [0.1, 0.15) is 51.0 Å². The highest BCUT2D eigenvalue weighted by atomic mass is 35.5. The number of nitrogens with one attached hydrogen (secondary N) is 1. The third-order valence-corrected chi connectivity index (χ3v) is 6.67. The highest BCUT2D eigenvalue weighted by Crippen LogP contribution is 2.32. The molecule has 2 N–H and O–H groups in total. The molecule has 10 heteroatoms. The van der Waals surface area contributed by atoms with Crippen molar-refractivity contribution < 1.29 is 24.2 Å². The third-order valence-electron chi connectivity index (χ3n) is 6.38. The molecule has 0 spiro atoms. The first-order chi connectivity index (χ1) is 18.7.